The van der Waals surface area contributed by atoms with Gasteiger partial charge < -0.3 is 19.4 Å². The van der Waals surface area contributed by atoms with E-state index in [1.54, 1.807) is 0 Å². The highest BCUT2D eigenvalue weighted by Gasteiger charge is 2.68. The number of carboxylic acids is 1. The molecule has 0 saturated carbocycles. The quantitative estimate of drug-likeness (QED) is 0.386. The van der Waals surface area contributed by atoms with Gasteiger partial charge >= 0.3 is 5.97 Å². The van der Waals surface area contributed by atoms with Crippen LogP contribution in [0.2, 0.25) is 0 Å². The average Bonchev–Trinajstić information content (AvgIpc) is 2.67. The van der Waals surface area contributed by atoms with Gasteiger partial charge in [0.25, 0.3) is 0 Å². The Kier molecular flexibility index (Phi) is 1.46. The summed E-state index contributed by atoms with van der Waals surface area (Å²) >= 11 is 5.91. The Morgan fingerprint density at radius 1 is 1.36 bits per heavy atom. The summed E-state index contributed by atoms with van der Waals surface area (Å²) in [7, 11) is 0. The number of esters is 1. The normalized spacial score (nSPS) is 53.6. The van der Waals surface area contributed by atoms with Crippen molar-refractivity contribution in [2.45, 2.75) is 23.7 Å². The summed E-state index contributed by atoms with van der Waals surface area (Å²) in [5.41, 5.74) is 0. The number of hydrogen-bond acceptors (Lipinski definition) is 5. The molecule has 0 aromatic rings. The van der Waals surface area contributed by atoms with Crippen LogP contribution in [0.3, 0.4) is 0 Å². The minimum absolute atomic E-state index is 0.477. The van der Waals surface area contributed by atoms with Crippen LogP contribution in [0.15, 0.2) is 0 Å². The van der Waals surface area contributed by atoms with Crippen molar-refractivity contribution in [1.29, 1.82) is 0 Å². The van der Waals surface area contributed by atoms with Crippen LogP contribution in [0.25, 0.3) is 0 Å². The first kappa shape index (κ1) is 8.49. The van der Waals surface area contributed by atoms with Crippen molar-refractivity contribution in [3.05, 3.63) is 0 Å². The van der Waals surface area contributed by atoms with Crippen LogP contribution >= 0.6 is 11.6 Å². The van der Waals surface area contributed by atoms with Crippen molar-refractivity contribution in [3.8, 4) is 0 Å². The van der Waals surface area contributed by atoms with E-state index in [4.69, 9.17) is 21.1 Å². The first-order chi connectivity index (χ1) is 6.61. The van der Waals surface area contributed by atoms with Crippen LogP contribution in [0.4, 0.5) is 0 Å². The first-order valence-corrected chi connectivity index (χ1v) is 4.76. The van der Waals surface area contributed by atoms with Gasteiger partial charge in [0, 0.05) is 11.9 Å². The fraction of sp³-hybridized carbons (Fsp3) is 0.750. The Hall–Kier alpha value is -0.810. The van der Waals surface area contributed by atoms with Crippen molar-refractivity contribution in [2.75, 3.05) is 0 Å². The molecule has 14 heavy (non-hydrogen) atoms. The summed E-state index contributed by atoms with van der Waals surface area (Å²) in [6.45, 7) is 0. The van der Waals surface area contributed by atoms with Crippen LogP contribution in [0.5, 0.6) is 0 Å². The van der Waals surface area contributed by atoms with Crippen molar-refractivity contribution >= 4 is 23.5 Å². The van der Waals surface area contributed by atoms with Crippen LogP contribution < -0.4 is 5.11 Å². The summed E-state index contributed by atoms with van der Waals surface area (Å²) in [6, 6.07) is 0. The third kappa shape index (κ3) is 0.757. The molecule has 5 nitrogen and oxygen atoms in total. The highest BCUT2D eigenvalue weighted by atomic mass is 35.5. The number of rotatable bonds is 1. The molecule has 2 bridgehead atoms. The summed E-state index contributed by atoms with van der Waals surface area (Å²) < 4.78 is 10.3. The molecular weight excluding hydrogens is 212 g/mol. The van der Waals surface area contributed by atoms with Crippen LogP contribution in [0.1, 0.15) is 0 Å². The van der Waals surface area contributed by atoms with Gasteiger partial charge in [0.05, 0.1) is 12.0 Å². The maximum atomic E-state index is 11.3. The molecule has 3 saturated heterocycles. The summed E-state index contributed by atoms with van der Waals surface area (Å²) in [5.74, 6) is -3.48. The van der Waals surface area contributed by atoms with E-state index in [9.17, 15) is 14.7 Å². The molecule has 3 aliphatic rings. The Balaban J connectivity index is 2.04. The number of ether oxygens (including phenoxy) is 2. The number of carboxylic acid groups (broad SMARTS) is 1. The fourth-order valence-electron chi connectivity index (χ4n) is 2.59. The minimum atomic E-state index is -1.29. The number of carbonyl (C=O) groups excluding carboxylic acids is 2. The van der Waals surface area contributed by atoms with E-state index in [0.29, 0.717) is 0 Å². The number of carbonyl (C=O) groups is 2. The zero-order valence-corrected chi connectivity index (χ0v) is 7.64. The number of fused-ring (bicyclic) bond motifs is 1. The fourth-order valence-corrected chi connectivity index (χ4v) is 3.00. The standard InChI is InChI=1S/C8H7ClO5/c9-3-4-1(7(10)11)2-5(13-4)6(3)14-8(2)12/h1-6H,(H,10,11)/p-1. The van der Waals surface area contributed by atoms with Crippen molar-refractivity contribution in [1.82, 2.24) is 0 Å². The molecule has 0 amide bonds. The molecule has 0 aromatic heterocycles. The maximum absolute atomic E-state index is 11.3. The Labute approximate surface area is 83.9 Å². The minimum Gasteiger partial charge on any atom is -0.550 e. The first-order valence-electron chi connectivity index (χ1n) is 4.32. The predicted molar refractivity (Wildman–Crippen MR) is 40.2 cm³/mol. The van der Waals surface area contributed by atoms with E-state index in [2.05, 4.69) is 0 Å². The lowest BCUT2D eigenvalue weighted by Crippen LogP contribution is -2.47. The van der Waals surface area contributed by atoms with Gasteiger partial charge in [0.15, 0.2) is 0 Å². The zero-order valence-electron chi connectivity index (χ0n) is 6.88. The molecular formula is C8H6ClO5-. The van der Waals surface area contributed by atoms with E-state index < -0.39 is 47.5 Å². The Morgan fingerprint density at radius 3 is 2.71 bits per heavy atom. The van der Waals surface area contributed by atoms with Gasteiger partial charge in [-0.25, -0.2) is 0 Å². The molecule has 6 atom stereocenters. The van der Waals surface area contributed by atoms with Crippen molar-refractivity contribution < 1.29 is 24.2 Å². The molecule has 6 heteroatoms. The molecule has 3 aliphatic heterocycles. The molecule has 6 unspecified atom stereocenters. The van der Waals surface area contributed by atoms with Crippen LogP contribution in [0, 0.1) is 11.8 Å². The second-order valence-electron chi connectivity index (χ2n) is 3.78. The predicted octanol–water partition coefficient (Wildman–Crippen LogP) is -1.72. The summed E-state index contributed by atoms with van der Waals surface area (Å²) in [4.78, 5) is 22.1. The number of alkyl halides is 1. The van der Waals surface area contributed by atoms with Gasteiger partial charge in [0.2, 0.25) is 0 Å². The topological polar surface area (TPSA) is 75.7 Å². The molecule has 3 rings (SSSR count). The average molecular weight is 218 g/mol. The van der Waals surface area contributed by atoms with Crippen LogP contribution in [-0.4, -0.2) is 35.6 Å². The third-order valence-electron chi connectivity index (χ3n) is 3.16. The molecule has 3 fully saturated rings. The van der Waals surface area contributed by atoms with Gasteiger partial charge in [-0.15, -0.1) is 11.6 Å². The zero-order chi connectivity index (χ0) is 10.0. The van der Waals surface area contributed by atoms with Gasteiger partial charge in [0.1, 0.15) is 17.6 Å². The number of halogens is 1. The molecule has 3 heterocycles. The van der Waals surface area contributed by atoms with Gasteiger partial charge in [-0.3, -0.25) is 4.79 Å². The molecule has 0 radical (unpaired) electrons. The lowest BCUT2D eigenvalue weighted by atomic mass is 9.80. The van der Waals surface area contributed by atoms with Gasteiger partial charge in [-0.05, 0) is 0 Å². The Morgan fingerprint density at radius 2 is 2.07 bits per heavy atom. The highest BCUT2D eigenvalue weighted by Crippen LogP contribution is 2.51. The maximum Gasteiger partial charge on any atom is 0.312 e. The molecule has 0 aromatic carbocycles. The lowest BCUT2D eigenvalue weighted by Gasteiger charge is -2.25. The van der Waals surface area contributed by atoms with Crippen molar-refractivity contribution in [3.63, 3.8) is 0 Å². The van der Waals surface area contributed by atoms with E-state index in [1.165, 1.54) is 0 Å². The monoisotopic (exact) mass is 217 g/mol. The number of aliphatic carboxylic acids is 1. The smallest absolute Gasteiger partial charge is 0.312 e. The van der Waals surface area contributed by atoms with E-state index in [-0.39, 0.29) is 0 Å². The van der Waals surface area contributed by atoms with E-state index >= 15 is 0 Å². The molecule has 76 valence electrons. The molecule has 0 aliphatic carbocycles. The molecule has 0 spiro atoms. The van der Waals surface area contributed by atoms with E-state index in [0.717, 1.165) is 0 Å². The summed E-state index contributed by atoms with van der Waals surface area (Å²) in [6.07, 6.45) is -1.61. The van der Waals surface area contributed by atoms with E-state index in [1.807, 2.05) is 0 Å². The largest absolute Gasteiger partial charge is 0.550 e. The SMILES string of the molecule is O=C([O-])C1C2OC3C(OC(=O)C31)C2Cl. The highest BCUT2D eigenvalue weighted by molar-refractivity contribution is 6.22. The van der Waals surface area contributed by atoms with Gasteiger partial charge in [-0.2, -0.15) is 0 Å². The lowest BCUT2D eigenvalue weighted by molar-refractivity contribution is -0.313. The van der Waals surface area contributed by atoms with Crippen molar-refractivity contribution in [2.24, 2.45) is 11.8 Å². The molecule has 0 N–H and O–H groups in total. The van der Waals surface area contributed by atoms with Crippen LogP contribution in [-0.2, 0) is 19.1 Å². The van der Waals surface area contributed by atoms with Gasteiger partial charge in [-0.1, -0.05) is 0 Å². The number of hydrogen-bond donors (Lipinski definition) is 0. The summed E-state index contributed by atoms with van der Waals surface area (Å²) in [5, 5.41) is 10.2. The second kappa shape index (κ2) is 2.41. The second-order valence-corrected chi connectivity index (χ2v) is 4.29. The Bertz CT molecular complexity index is 330. The third-order valence-corrected chi connectivity index (χ3v) is 3.65.